The fourth-order valence-electron chi connectivity index (χ4n) is 2.77. The maximum atomic E-state index is 5.95. The summed E-state index contributed by atoms with van der Waals surface area (Å²) in [6.07, 6.45) is 10.0. The monoisotopic (exact) mass is 153 g/mol. The number of hydrogen-bond acceptors (Lipinski definition) is 1. The Morgan fingerprint density at radius 1 is 0.909 bits per heavy atom. The predicted octanol–water partition coefficient (Wildman–Crippen LogP) is 2.30. The van der Waals surface area contributed by atoms with Gasteiger partial charge in [0.1, 0.15) is 0 Å². The van der Waals surface area contributed by atoms with Gasteiger partial charge in [0.15, 0.2) is 0 Å². The molecule has 2 fully saturated rings. The number of hydrogen-bond donors (Lipinski definition) is 1. The summed E-state index contributed by atoms with van der Waals surface area (Å²) in [5.41, 5.74) is 5.95. The molecule has 0 heterocycles. The first-order chi connectivity index (χ1) is 5.38. The lowest BCUT2D eigenvalue weighted by atomic mass is 9.64. The van der Waals surface area contributed by atoms with Gasteiger partial charge in [-0.3, -0.25) is 0 Å². The Balaban J connectivity index is 1.87. The minimum absolute atomic E-state index is 0.568. The van der Waals surface area contributed by atoms with Crippen LogP contribution in [0.1, 0.15) is 44.9 Å². The summed E-state index contributed by atoms with van der Waals surface area (Å²) < 4.78 is 0. The van der Waals surface area contributed by atoms with Gasteiger partial charge in [0.25, 0.3) is 0 Å². The van der Waals surface area contributed by atoms with Crippen LogP contribution in [0.5, 0.6) is 0 Å². The average Bonchev–Trinajstić information content (AvgIpc) is 1.96. The van der Waals surface area contributed by atoms with E-state index in [9.17, 15) is 0 Å². The topological polar surface area (TPSA) is 26.0 Å². The zero-order chi connectivity index (χ0) is 7.68. The summed E-state index contributed by atoms with van der Waals surface area (Å²) in [5, 5.41) is 0. The van der Waals surface area contributed by atoms with Gasteiger partial charge in [-0.2, -0.15) is 0 Å². The molecule has 0 aromatic carbocycles. The lowest BCUT2D eigenvalue weighted by Crippen LogP contribution is -2.47. The molecule has 1 heteroatoms. The largest absolute Gasteiger partial charge is 0.327 e. The minimum atomic E-state index is 0.568. The molecule has 11 heavy (non-hydrogen) atoms. The number of rotatable bonds is 0. The fraction of sp³-hybridized carbons (Fsp3) is 1.00. The van der Waals surface area contributed by atoms with E-state index in [0.717, 1.165) is 11.8 Å². The van der Waals surface area contributed by atoms with Crippen molar-refractivity contribution in [3.8, 4) is 0 Å². The molecule has 0 aromatic heterocycles. The van der Waals surface area contributed by atoms with Gasteiger partial charge in [-0.25, -0.2) is 0 Å². The maximum Gasteiger partial charge on any atom is 0.00725 e. The van der Waals surface area contributed by atoms with Gasteiger partial charge in [-0.05, 0) is 24.7 Å². The maximum absolute atomic E-state index is 5.95. The standard InChI is InChI=1S/C10H19N/c11-10-7-8-5-3-1-2-4-6-9(8)10/h8-10H,1-7,11H2/t8-,9-,10+/m0/s1. The van der Waals surface area contributed by atoms with Crippen molar-refractivity contribution in [3.05, 3.63) is 0 Å². The SMILES string of the molecule is N[C@@H]1C[C@@H]2CCCCCC[C@@H]21. The average molecular weight is 153 g/mol. The van der Waals surface area contributed by atoms with Crippen LogP contribution < -0.4 is 5.73 Å². The van der Waals surface area contributed by atoms with Gasteiger partial charge in [0.2, 0.25) is 0 Å². The van der Waals surface area contributed by atoms with Gasteiger partial charge in [0, 0.05) is 6.04 Å². The van der Waals surface area contributed by atoms with E-state index in [2.05, 4.69) is 0 Å². The van der Waals surface area contributed by atoms with E-state index in [1.54, 1.807) is 0 Å². The van der Waals surface area contributed by atoms with Crippen LogP contribution in [-0.2, 0) is 0 Å². The molecule has 0 aromatic rings. The van der Waals surface area contributed by atoms with Crippen molar-refractivity contribution in [3.63, 3.8) is 0 Å². The normalized spacial score (nSPS) is 45.0. The minimum Gasteiger partial charge on any atom is -0.327 e. The zero-order valence-corrected chi connectivity index (χ0v) is 7.26. The van der Waals surface area contributed by atoms with Crippen molar-refractivity contribution in [2.45, 2.75) is 51.0 Å². The van der Waals surface area contributed by atoms with Crippen LogP contribution in [-0.4, -0.2) is 6.04 Å². The Morgan fingerprint density at radius 2 is 1.64 bits per heavy atom. The van der Waals surface area contributed by atoms with Crippen molar-refractivity contribution in [2.75, 3.05) is 0 Å². The van der Waals surface area contributed by atoms with Crippen LogP contribution in [0.3, 0.4) is 0 Å². The Kier molecular flexibility index (Phi) is 2.17. The lowest BCUT2D eigenvalue weighted by molar-refractivity contribution is 0.102. The van der Waals surface area contributed by atoms with Crippen LogP contribution >= 0.6 is 0 Å². The quantitative estimate of drug-likeness (QED) is 0.568. The third-order valence-electron chi connectivity index (χ3n) is 3.59. The predicted molar refractivity (Wildman–Crippen MR) is 47.3 cm³/mol. The number of nitrogens with two attached hydrogens (primary N) is 1. The van der Waals surface area contributed by atoms with Gasteiger partial charge in [0.05, 0.1) is 0 Å². The molecule has 2 N–H and O–H groups in total. The summed E-state index contributed by atoms with van der Waals surface area (Å²) in [7, 11) is 0. The van der Waals surface area contributed by atoms with Crippen LogP contribution in [0.2, 0.25) is 0 Å². The molecule has 0 radical (unpaired) electrons. The molecule has 0 spiro atoms. The molecule has 2 rings (SSSR count). The van der Waals surface area contributed by atoms with E-state index in [-0.39, 0.29) is 0 Å². The molecule has 3 atom stereocenters. The second kappa shape index (κ2) is 3.14. The van der Waals surface area contributed by atoms with Crippen molar-refractivity contribution in [1.29, 1.82) is 0 Å². The Labute approximate surface area is 69.4 Å². The first-order valence-electron chi connectivity index (χ1n) is 5.13. The first-order valence-corrected chi connectivity index (χ1v) is 5.13. The molecule has 2 aliphatic carbocycles. The van der Waals surface area contributed by atoms with Gasteiger partial charge < -0.3 is 5.73 Å². The molecule has 0 unspecified atom stereocenters. The molecule has 2 saturated carbocycles. The van der Waals surface area contributed by atoms with Crippen molar-refractivity contribution in [1.82, 2.24) is 0 Å². The molecular weight excluding hydrogens is 134 g/mol. The molecule has 0 bridgehead atoms. The fourth-order valence-corrected chi connectivity index (χ4v) is 2.77. The summed E-state index contributed by atoms with van der Waals surface area (Å²) in [5.74, 6) is 1.93. The third kappa shape index (κ3) is 1.44. The van der Waals surface area contributed by atoms with Crippen LogP contribution in [0, 0.1) is 11.8 Å². The highest BCUT2D eigenvalue weighted by Gasteiger charge is 2.37. The van der Waals surface area contributed by atoms with E-state index in [1.165, 1.54) is 44.9 Å². The van der Waals surface area contributed by atoms with Crippen LogP contribution in [0.4, 0.5) is 0 Å². The van der Waals surface area contributed by atoms with E-state index in [4.69, 9.17) is 5.73 Å². The van der Waals surface area contributed by atoms with Crippen LogP contribution in [0.15, 0.2) is 0 Å². The molecule has 0 aliphatic heterocycles. The zero-order valence-electron chi connectivity index (χ0n) is 7.26. The van der Waals surface area contributed by atoms with E-state index >= 15 is 0 Å². The van der Waals surface area contributed by atoms with Gasteiger partial charge in [-0.15, -0.1) is 0 Å². The second-order valence-electron chi connectivity index (χ2n) is 4.32. The molecule has 1 nitrogen and oxygen atoms in total. The summed E-state index contributed by atoms with van der Waals surface area (Å²) in [4.78, 5) is 0. The summed E-state index contributed by atoms with van der Waals surface area (Å²) >= 11 is 0. The Hall–Kier alpha value is -0.0400. The molecule has 0 saturated heterocycles. The highest BCUT2D eigenvalue weighted by Crippen LogP contribution is 2.41. The van der Waals surface area contributed by atoms with Crippen molar-refractivity contribution >= 4 is 0 Å². The third-order valence-corrected chi connectivity index (χ3v) is 3.59. The highest BCUT2D eigenvalue weighted by atomic mass is 14.7. The Bertz CT molecular complexity index is 133. The van der Waals surface area contributed by atoms with Gasteiger partial charge in [-0.1, -0.05) is 32.1 Å². The van der Waals surface area contributed by atoms with E-state index in [1.807, 2.05) is 0 Å². The first kappa shape index (κ1) is 7.60. The van der Waals surface area contributed by atoms with E-state index in [0.29, 0.717) is 6.04 Å². The molecule has 2 aliphatic rings. The smallest absolute Gasteiger partial charge is 0.00725 e. The molecule has 0 amide bonds. The molecular formula is C10H19N. The summed E-state index contributed by atoms with van der Waals surface area (Å²) in [6.45, 7) is 0. The van der Waals surface area contributed by atoms with Crippen molar-refractivity contribution in [2.24, 2.45) is 17.6 Å². The highest BCUT2D eigenvalue weighted by molar-refractivity contribution is 4.92. The number of fused-ring (bicyclic) bond motifs is 1. The van der Waals surface area contributed by atoms with E-state index < -0.39 is 0 Å². The van der Waals surface area contributed by atoms with Crippen LogP contribution in [0.25, 0.3) is 0 Å². The second-order valence-corrected chi connectivity index (χ2v) is 4.32. The Morgan fingerprint density at radius 3 is 2.36 bits per heavy atom. The lowest BCUT2D eigenvalue weighted by Gasteiger charge is -2.44. The molecule has 64 valence electrons. The van der Waals surface area contributed by atoms with Gasteiger partial charge >= 0.3 is 0 Å². The van der Waals surface area contributed by atoms with Crippen molar-refractivity contribution < 1.29 is 0 Å². The summed E-state index contributed by atoms with van der Waals surface area (Å²) in [6, 6.07) is 0.568.